The van der Waals surface area contributed by atoms with Gasteiger partial charge in [0, 0.05) is 10.8 Å². The smallest absolute Gasteiger partial charge is 0.456 e. The molecule has 6 aromatic rings. The van der Waals surface area contributed by atoms with Crippen molar-refractivity contribution in [1.29, 1.82) is 0 Å². The summed E-state index contributed by atoms with van der Waals surface area (Å²) in [7, 11) is -0.393. The van der Waals surface area contributed by atoms with Gasteiger partial charge in [0.25, 0.3) is 0 Å². The van der Waals surface area contributed by atoms with Crippen molar-refractivity contribution < 1.29 is 13.7 Å². The van der Waals surface area contributed by atoms with Gasteiger partial charge in [0.05, 0.1) is 11.2 Å². The molecule has 0 aliphatic carbocycles. The third-order valence-electron chi connectivity index (χ3n) is 8.10. The summed E-state index contributed by atoms with van der Waals surface area (Å²) in [5.41, 5.74) is 4.49. The lowest BCUT2D eigenvalue weighted by Gasteiger charge is -2.32. The highest BCUT2D eigenvalue weighted by molar-refractivity contribution is 6.62. The highest BCUT2D eigenvalue weighted by Crippen LogP contribution is 2.39. The Bertz CT molecular complexity index is 1800. The summed E-state index contributed by atoms with van der Waals surface area (Å²) < 4.78 is 18.9. The average molecular weight is 470 g/mol. The third kappa shape index (κ3) is 3.15. The predicted molar refractivity (Wildman–Crippen MR) is 150 cm³/mol. The van der Waals surface area contributed by atoms with Gasteiger partial charge in [0.2, 0.25) is 0 Å². The zero-order valence-corrected chi connectivity index (χ0v) is 21.0. The number of furan rings is 1. The second-order valence-electron chi connectivity index (χ2n) is 10.8. The molecule has 1 aliphatic heterocycles. The van der Waals surface area contributed by atoms with E-state index < -0.39 is 7.12 Å². The number of para-hydroxylation sites is 1. The summed E-state index contributed by atoms with van der Waals surface area (Å²) in [4.78, 5) is 0. The standard InChI is InChI=1S/C32H27BO3/c1-31(2)32(3,4)36-33(35-31)22-16-15-20-9-7-12-23(26(20)18-22)24-13-8-10-21-17-28-25-11-5-6-14-29(25)34-30(28)19-27(21)24/h5-19H,1-4H3. The summed E-state index contributed by atoms with van der Waals surface area (Å²) in [5, 5.41) is 7.05. The number of benzene rings is 5. The van der Waals surface area contributed by atoms with Crippen LogP contribution in [-0.4, -0.2) is 18.3 Å². The highest BCUT2D eigenvalue weighted by atomic mass is 16.7. The van der Waals surface area contributed by atoms with E-state index in [4.69, 9.17) is 13.7 Å². The molecule has 0 unspecified atom stereocenters. The number of fused-ring (bicyclic) bond motifs is 5. The number of rotatable bonds is 2. The largest absolute Gasteiger partial charge is 0.494 e. The lowest BCUT2D eigenvalue weighted by molar-refractivity contribution is 0.00578. The van der Waals surface area contributed by atoms with Crippen molar-refractivity contribution in [1.82, 2.24) is 0 Å². The van der Waals surface area contributed by atoms with Crippen LogP contribution in [0, 0.1) is 0 Å². The minimum atomic E-state index is -0.393. The first-order chi connectivity index (χ1) is 17.3. The summed E-state index contributed by atoms with van der Waals surface area (Å²) in [6.45, 7) is 8.37. The minimum absolute atomic E-state index is 0.375. The molecular formula is C32H27BO3. The van der Waals surface area contributed by atoms with Gasteiger partial charge in [-0.2, -0.15) is 0 Å². The molecular weight excluding hydrogens is 443 g/mol. The summed E-state index contributed by atoms with van der Waals surface area (Å²) in [5.74, 6) is 0. The fourth-order valence-electron chi connectivity index (χ4n) is 5.38. The molecule has 4 heteroatoms. The zero-order valence-electron chi connectivity index (χ0n) is 21.0. The first kappa shape index (κ1) is 21.7. The van der Waals surface area contributed by atoms with Gasteiger partial charge < -0.3 is 13.7 Å². The van der Waals surface area contributed by atoms with E-state index in [9.17, 15) is 0 Å². The molecule has 1 aliphatic rings. The Morgan fingerprint density at radius 2 is 1.19 bits per heavy atom. The van der Waals surface area contributed by atoms with Crippen LogP contribution >= 0.6 is 0 Å². The second kappa shape index (κ2) is 7.46. The monoisotopic (exact) mass is 470 g/mol. The van der Waals surface area contributed by atoms with Crippen LogP contribution in [0.5, 0.6) is 0 Å². The second-order valence-corrected chi connectivity index (χ2v) is 10.8. The molecule has 0 amide bonds. The average Bonchev–Trinajstić information content (AvgIpc) is 3.33. The van der Waals surface area contributed by atoms with Gasteiger partial charge >= 0.3 is 7.12 Å². The molecule has 176 valence electrons. The lowest BCUT2D eigenvalue weighted by atomic mass is 9.77. The Morgan fingerprint density at radius 1 is 0.528 bits per heavy atom. The van der Waals surface area contributed by atoms with Gasteiger partial charge in [-0.15, -0.1) is 0 Å². The quantitative estimate of drug-likeness (QED) is 0.242. The van der Waals surface area contributed by atoms with Crippen LogP contribution in [0.1, 0.15) is 27.7 Å². The molecule has 1 aromatic heterocycles. The van der Waals surface area contributed by atoms with Crippen molar-refractivity contribution in [3.8, 4) is 11.1 Å². The van der Waals surface area contributed by atoms with Gasteiger partial charge in [-0.25, -0.2) is 0 Å². The molecule has 0 saturated carbocycles. The summed E-state index contributed by atoms with van der Waals surface area (Å²) >= 11 is 0. The van der Waals surface area contributed by atoms with E-state index in [0.29, 0.717) is 0 Å². The predicted octanol–water partition coefficient (Wildman–Crippen LogP) is 7.86. The van der Waals surface area contributed by atoms with E-state index in [1.807, 2.05) is 12.1 Å². The van der Waals surface area contributed by atoms with Crippen molar-refractivity contribution in [2.45, 2.75) is 38.9 Å². The molecule has 7 rings (SSSR count). The first-order valence-electron chi connectivity index (χ1n) is 12.5. The van der Waals surface area contributed by atoms with Crippen LogP contribution in [0.2, 0.25) is 0 Å². The van der Waals surface area contributed by atoms with E-state index in [0.717, 1.165) is 27.4 Å². The lowest BCUT2D eigenvalue weighted by Crippen LogP contribution is -2.41. The van der Waals surface area contributed by atoms with Gasteiger partial charge in [0.15, 0.2) is 0 Å². The van der Waals surface area contributed by atoms with Crippen LogP contribution in [0.3, 0.4) is 0 Å². The third-order valence-corrected chi connectivity index (χ3v) is 8.10. The van der Waals surface area contributed by atoms with E-state index in [1.165, 1.54) is 32.7 Å². The molecule has 3 nitrogen and oxygen atoms in total. The van der Waals surface area contributed by atoms with Crippen molar-refractivity contribution in [2.75, 3.05) is 0 Å². The van der Waals surface area contributed by atoms with E-state index in [-0.39, 0.29) is 11.2 Å². The first-order valence-corrected chi connectivity index (χ1v) is 12.5. The van der Waals surface area contributed by atoms with Crippen molar-refractivity contribution in [3.63, 3.8) is 0 Å². The Morgan fingerprint density at radius 3 is 1.94 bits per heavy atom. The molecule has 0 bridgehead atoms. The summed E-state index contributed by atoms with van der Waals surface area (Å²) in [6.07, 6.45) is 0. The van der Waals surface area contributed by atoms with Gasteiger partial charge in [-0.05, 0) is 84.0 Å². The zero-order chi connectivity index (χ0) is 24.7. The van der Waals surface area contributed by atoms with Gasteiger partial charge in [-0.3, -0.25) is 0 Å². The van der Waals surface area contributed by atoms with Crippen LogP contribution in [0.25, 0.3) is 54.6 Å². The molecule has 5 aromatic carbocycles. The molecule has 0 atom stereocenters. The van der Waals surface area contributed by atoms with Crippen LogP contribution in [0.15, 0.2) is 95.4 Å². The van der Waals surface area contributed by atoms with E-state index >= 15 is 0 Å². The Hall–Kier alpha value is -3.60. The molecule has 2 heterocycles. The maximum atomic E-state index is 6.36. The maximum Gasteiger partial charge on any atom is 0.494 e. The fraction of sp³-hybridized carbons (Fsp3) is 0.188. The fourth-order valence-corrected chi connectivity index (χ4v) is 5.38. The van der Waals surface area contributed by atoms with Gasteiger partial charge in [0.1, 0.15) is 11.2 Å². The molecule has 0 radical (unpaired) electrons. The normalized spacial score (nSPS) is 17.1. The topological polar surface area (TPSA) is 31.6 Å². The highest BCUT2D eigenvalue weighted by Gasteiger charge is 2.51. The molecule has 36 heavy (non-hydrogen) atoms. The number of hydrogen-bond acceptors (Lipinski definition) is 3. The van der Waals surface area contributed by atoms with E-state index in [1.54, 1.807) is 0 Å². The Kier molecular flexibility index (Phi) is 4.49. The molecule has 1 fully saturated rings. The van der Waals surface area contributed by atoms with Gasteiger partial charge in [-0.1, -0.05) is 72.8 Å². The maximum absolute atomic E-state index is 6.36. The van der Waals surface area contributed by atoms with Crippen LogP contribution in [-0.2, 0) is 9.31 Å². The Labute approximate surface area is 210 Å². The molecule has 0 N–H and O–H groups in total. The summed E-state index contributed by atoms with van der Waals surface area (Å²) in [6, 6.07) is 32.2. The Balaban J connectivity index is 1.43. The minimum Gasteiger partial charge on any atom is -0.456 e. The van der Waals surface area contributed by atoms with Crippen LogP contribution in [0.4, 0.5) is 0 Å². The van der Waals surface area contributed by atoms with Crippen molar-refractivity contribution in [2.24, 2.45) is 0 Å². The molecule has 1 saturated heterocycles. The van der Waals surface area contributed by atoms with E-state index in [2.05, 4.69) is 107 Å². The molecule has 0 spiro atoms. The van der Waals surface area contributed by atoms with Crippen molar-refractivity contribution in [3.05, 3.63) is 91.0 Å². The van der Waals surface area contributed by atoms with Crippen molar-refractivity contribution >= 4 is 56.1 Å². The van der Waals surface area contributed by atoms with Crippen LogP contribution < -0.4 is 5.46 Å². The number of hydrogen-bond donors (Lipinski definition) is 0. The SMILES string of the molecule is CC1(C)OB(c2ccc3cccc(-c4cccc5cc6c(cc45)oc4ccccc46)c3c2)OC1(C)C.